The van der Waals surface area contributed by atoms with Crippen LogP contribution in [-0.2, 0) is 11.4 Å². The first kappa shape index (κ1) is 21.6. The van der Waals surface area contributed by atoms with Crippen LogP contribution in [0.15, 0.2) is 65.8 Å². The Morgan fingerprint density at radius 3 is 2.76 bits per heavy atom. The summed E-state index contributed by atoms with van der Waals surface area (Å²) in [5.41, 5.74) is 2.15. The largest absolute Gasteiger partial charge is 0.490 e. The van der Waals surface area contributed by atoms with E-state index in [1.54, 1.807) is 18.2 Å². The van der Waals surface area contributed by atoms with E-state index in [2.05, 4.69) is 11.6 Å². The molecule has 29 heavy (non-hydrogen) atoms. The molecule has 0 amide bonds. The van der Waals surface area contributed by atoms with Crippen LogP contribution in [0.2, 0.25) is 5.02 Å². The number of halogens is 1. The molecule has 0 radical (unpaired) electrons. The summed E-state index contributed by atoms with van der Waals surface area (Å²) < 4.78 is 12.4. The summed E-state index contributed by atoms with van der Waals surface area (Å²) in [4.78, 5) is 16.6. The first-order valence-electron chi connectivity index (χ1n) is 9.00. The van der Waals surface area contributed by atoms with Crippen LogP contribution in [0.3, 0.4) is 0 Å². The van der Waals surface area contributed by atoms with Crippen LogP contribution in [0.25, 0.3) is 6.08 Å². The van der Waals surface area contributed by atoms with E-state index in [-0.39, 0.29) is 5.12 Å². The van der Waals surface area contributed by atoms with E-state index in [9.17, 15) is 4.79 Å². The molecule has 0 fully saturated rings. The minimum atomic E-state index is -0.0879. The van der Waals surface area contributed by atoms with E-state index < -0.39 is 0 Å². The van der Waals surface area contributed by atoms with Crippen molar-refractivity contribution in [2.75, 3.05) is 12.4 Å². The second kappa shape index (κ2) is 10.6. The number of ether oxygens (including phenoxy) is 2. The van der Waals surface area contributed by atoms with E-state index in [1.807, 2.05) is 43.3 Å². The van der Waals surface area contributed by atoms with Crippen molar-refractivity contribution in [1.82, 2.24) is 0 Å². The van der Waals surface area contributed by atoms with Gasteiger partial charge in [-0.1, -0.05) is 59.8 Å². The highest BCUT2D eigenvalue weighted by Crippen LogP contribution is 2.39. The molecule has 0 unspecified atom stereocenters. The fraction of sp³-hybridized carbons (Fsp3) is 0.182. The van der Waals surface area contributed by atoms with Gasteiger partial charge in [-0.3, -0.25) is 4.79 Å². The van der Waals surface area contributed by atoms with Gasteiger partial charge in [0.2, 0.25) is 5.12 Å². The van der Waals surface area contributed by atoms with Gasteiger partial charge in [0, 0.05) is 5.75 Å². The van der Waals surface area contributed by atoms with Crippen LogP contribution < -0.4 is 9.47 Å². The second-order valence-electron chi connectivity index (χ2n) is 5.93. The molecular formula is C22H20ClNO3S2. The average Bonchev–Trinajstić information content (AvgIpc) is 3.06. The van der Waals surface area contributed by atoms with Crippen LogP contribution in [0, 0.1) is 0 Å². The predicted octanol–water partition coefficient (Wildman–Crippen LogP) is 6.21. The highest BCUT2D eigenvalue weighted by molar-refractivity contribution is 8.45. The lowest BCUT2D eigenvalue weighted by atomic mass is 10.1. The van der Waals surface area contributed by atoms with Gasteiger partial charge in [-0.15, -0.1) is 6.58 Å². The van der Waals surface area contributed by atoms with E-state index in [0.29, 0.717) is 41.2 Å². The first-order chi connectivity index (χ1) is 14.1. The van der Waals surface area contributed by atoms with Crippen molar-refractivity contribution >= 4 is 50.7 Å². The molecule has 0 saturated carbocycles. The van der Waals surface area contributed by atoms with Gasteiger partial charge in [0.1, 0.15) is 16.7 Å². The summed E-state index contributed by atoms with van der Waals surface area (Å²) in [6, 6.07) is 13.4. The van der Waals surface area contributed by atoms with Gasteiger partial charge in [-0.05, 0) is 48.0 Å². The SMILES string of the molecule is C=CCSC1=NC(=Cc2cc(Cl)c(OCc3ccccc3)c(OCC)c2)C(=O)S1. The molecule has 7 heteroatoms. The van der Waals surface area contributed by atoms with Crippen molar-refractivity contribution in [1.29, 1.82) is 0 Å². The molecule has 1 heterocycles. The molecule has 0 aromatic heterocycles. The lowest BCUT2D eigenvalue weighted by molar-refractivity contribution is -0.107. The minimum absolute atomic E-state index is 0.0879. The van der Waals surface area contributed by atoms with Crippen LogP contribution in [-0.4, -0.2) is 21.9 Å². The molecule has 2 aromatic rings. The van der Waals surface area contributed by atoms with E-state index >= 15 is 0 Å². The Kier molecular flexibility index (Phi) is 7.86. The summed E-state index contributed by atoms with van der Waals surface area (Å²) >= 11 is 9.10. The molecule has 150 valence electrons. The van der Waals surface area contributed by atoms with Crippen molar-refractivity contribution in [2.24, 2.45) is 4.99 Å². The smallest absolute Gasteiger partial charge is 0.244 e. The summed E-state index contributed by atoms with van der Waals surface area (Å²) in [5.74, 6) is 1.73. The zero-order chi connectivity index (χ0) is 20.6. The number of carbonyl (C=O) groups is 1. The summed E-state index contributed by atoms with van der Waals surface area (Å²) in [5, 5.41) is 0.331. The lowest BCUT2D eigenvalue weighted by Gasteiger charge is -2.14. The zero-order valence-electron chi connectivity index (χ0n) is 15.9. The lowest BCUT2D eigenvalue weighted by Crippen LogP contribution is -2.01. The van der Waals surface area contributed by atoms with Crippen molar-refractivity contribution < 1.29 is 14.3 Å². The molecule has 0 spiro atoms. The van der Waals surface area contributed by atoms with Gasteiger partial charge in [0.15, 0.2) is 11.5 Å². The molecule has 0 bridgehead atoms. The molecule has 3 rings (SSSR count). The molecule has 0 saturated heterocycles. The summed E-state index contributed by atoms with van der Waals surface area (Å²) in [6.45, 7) is 6.42. The van der Waals surface area contributed by atoms with E-state index in [0.717, 1.165) is 27.3 Å². The average molecular weight is 446 g/mol. The Balaban J connectivity index is 1.84. The molecule has 0 N–H and O–H groups in total. The van der Waals surface area contributed by atoms with Crippen LogP contribution >= 0.6 is 35.1 Å². The second-order valence-corrected chi connectivity index (χ2v) is 8.57. The number of aliphatic imine (C=N–C) groups is 1. The molecule has 1 aliphatic rings. The summed E-state index contributed by atoms with van der Waals surface area (Å²) in [7, 11) is 0. The monoisotopic (exact) mass is 445 g/mol. The van der Waals surface area contributed by atoms with Crippen molar-refractivity contribution in [2.45, 2.75) is 13.5 Å². The fourth-order valence-electron chi connectivity index (χ4n) is 2.54. The Bertz CT molecular complexity index is 958. The fourth-order valence-corrected chi connectivity index (χ4v) is 4.42. The van der Waals surface area contributed by atoms with Crippen LogP contribution in [0.1, 0.15) is 18.1 Å². The van der Waals surface area contributed by atoms with Gasteiger partial charge in [-0.2, -0.15) is 0 Å². The number of benzene rings is 2. The third-order valence-electron chi connectivity index (χ3n) is 3.79. The number of thioether (sulfide) groups is 2. The van der Waals surface area contributed by atoms with Crippen molar-refractivity contribution in [3.63, 3.8) is 0 Å². The standard InChI is InChI=1S/C22H20ClNO3S2/c1-3-10-28-22-24-18(21(25)29-22)12-16-11-17(23)20(19(13-16)26-4-2)27-14-15-8-6-5-7-9-15/h3,5-9,11-13H,1,4,10,14H2,2H3. The topological polar surface area (TPSA) is 47.9 Å². The highest BCUT2D eigenvalue weighted by atomic mass is 35.5. The minimum Gasteiger partial charge on any atom is -0.490 e. The van der Waals surface area contributed by atoms with Gasteiger partial charge in [-0.25, -0.2) is 4.99 Å². The molecule has 1 aliphatic heterocycles. The van der Waals surface area contributed by atoms with Gasteiger partial charge in [0.05, 0.1) is 11.6 Å². The Morgan fingerprint density at radius 1 is 1.24 bits per heavy atom. The zero-order valence-corrected chi connectivity index (χ0v) is 18.3. The maximum absolute atomic E-state index is 12.2. The molecule has 4 nitrogen and oxygen atoms in total. The number of carbonyl (C=O) groups excluding carboxylic acids is 1. The summed E-state index contributed by atoms with van der Waals surface area (Å²) in [6.07, 6.45) is 3.49. The Hall–Kier alpha value is -2.15. The number of hydrogen-bond donors (Lipinski definition) is 0. The first-order valence-corrected chi connectivity index (χ1v) is 11.2. The normalized spacial score (nSPS) is 14.8. The third-order valence-corrected chi connectivity index (χ3v) is 6.07. The van der Waals surface area contributed by atoms with Crippen molar-refractivity contribution in [3.8, 4) is 11.5 Å². The quantitative estimate of drug-likeness (QED) is 0.357. The maximum Gasteiger partial charge on any atom is 0.244 e. The Morgan fingerprint density at radius 2 is 2.03 bits per heavy atom. The maximum atomic E-state index is 12.2. The molecule has 0 atom stereocenters. The van der Waals surface area contributed by atoms with Crippen molar-refractivity contribution in [3.05, 3.63) is 77.0 Å². The predicted molar refractivity (Wildman–Crippen MR) is 124 cm³/mol. The van der Waals surface area contributed by atoms with E-state index in [1.165, 1.54) is 11.8 Å². The molecule has 0 aliphatic carbocycles. The Labute approximate surface area is 184 Å². The molecule has 2 aromatic carbocycles. The van der Waals surface area contributed by atoms with E-state index in [4.69, 9.17) is 21.1 Å². The van der Waals surface area contributed by atoms with Crippen LogP contribution in [0.5, 0.6) is 11.5 Å². The number of hydrogen-bond acceptors (Lipinski definition) is 6. The van der Waals surface area contributed by atoms with Crippen LogP contribution in [0.4, 0.5) is 0 Å². The van der Waals surface area contributed by atoms with Gasteiger partial charge in [0.25, 0.3) is 0 Å². The number of nitrogens with zero attached hydrogens (tertiary/aromatic N) is 1. The molecular weight excluding hydrogens is 426 g/mol. The highest BCUT2D eigenvalue weighted by Gasteiger charge is 2.22. The number of rotatable bonds is 8. The van der Waals surface area contributed by atoms with Gasteiger partial charge >= 0.3 is 0 Å². The third kappa shape index (κ3) is 5.92. The van der Waals surface area contributed by atoms with Gasteiger partial charge < -0.3 is 9.47 Å².